The van der Waals surface area contributed by atoms with E-state index < -0.39 is 17.4 Å². The van der Waals surface area contributed by atoms with Crippen LogP contribution in [0.25, 0.3) is 0 Å². The number of rotatable bonds is 3. The van der Waals surface area contributed by atoms with Crippen LogP contribution in [0.4, 0.5) is 8.78 Å². The molecule has 0 amide bonds. The van der Waals surface area contributed by atoms with Crippen molar-refractivity contribution in [1.29, 1.82) is 0 Å². The highest BCUT2D eigenvalue weighted by molar-refractivity contribution is 5.96. The summed E-state index contributed by atoms with van der Waals surface area (Å²) < 4.78 is 26.2. The molecule has 0 heterocycles. The molecule has 0 fully saturated rings. The number of benzene rings is 1. The molecule has 0 unspecified atom stereocenters. The van der Waals surface area contributed by atoms with Gasteiger partial charge in [0.05, 0.1) is 5.56 Å². The van der Waals surface area contributed by atoms with Crippen LogP contribution < -0.4 is 5.73 Å². The van der Waals surface area contributed by atoms with Crippen molar-refractivity contribution in [1.82, 2.24) is 0 Å². The highest BCUT2D eigenvalue weighted by Gasteiger charge is 2.13. The first-order chi connectivity index (χ1) is 6.56. The summed E-state index contributed by atoms with van der Waals surface area (Å²) in [5.74, 6) is -1.74. The number of halogens is 2. The van der Waals surface area contributed by atoms with Crippen LogP contribution in [0, 0.1) is 18.6 Å². The van der Waals surface area contributed by atoms with Gasteiger partial charge in [0.25, 0.3) is 0 Å². The Kier molecular flexibility index (Phi) is 3.30. The molecule has 0 aliphatic heterocycles. The highest BCUT2D eigenvalue weighted by atomic mass is 19.1. The van der Waals surface area contributed by atoms with Gasteiger partial charge in [0, 0.05) is 6.42 Å². The van der Waals surface area contributed by atoms with Crippen molar-refractivity contribution in [3.63, 3.8) is 0 Å². The molecule has 0 atom stereocenters. The Balaban J connectivity index is 3.09. The van der Waals surface area contributed by atoms with E-state index in [2.05, 4.69) is 0 Å². The molecule has 0 saturated heterocycles. The van der Waals surface area contributed by atoms with Crippen LogP contribution in [0.1, 0.15) is 22.3 Å². The second kappa shape index (κ2) is 4.28. The largest absolute Gasteiger partial charge is 0.330 e. The van der Waals surface area contributed by atoms with Crippen molar-refractivity contribution in [2.45, 2.75) is 13.3 Å². The van der Waals surface area contributed by atoms with E-state index >= 15 is 0 Å². The fourth-order valence-corrected chi connectivity index (χ4v) is 1.13. The van der Waals surface area contributed by atoms with E-state index in [0.29, 0.717) is 0 Å². The van der Waals surface area contributed by atoms with Crippen molar-refractivity contribution in [2.24, 2.45) is 5.73 Å². The van der Waals surface area contributed by atoms with E-state index in [1.165, 1.54) is 6.92 Å². The first kappa shape index (κ1) is 10.8. The minimum absolute atomic E-state index is 0.0272. The summed E-state index contributed by atoms with van der Waals surface area (Å²) in [6.45, 7) is 1.57. The molecule has 2 N–H and O–H groups in total. The first-order valence-corrected chi connectivity index (χ1v) is 4.25. The van der Waals surface area contributed by atoms with Crippen LogP contribution in [0.3, 0.4) is 0 Å². The third-order valence-electron chi connectivity index (χ3n) is 1.92. The van der Waals surface area contributed by atoms with Gasteiger partial charge in [-0.3, -0.25) is 4.79 Å². The van der Waals surface area contributed by atoms with Crippen molar-refractivity contribution in [3.8, 4) is 0 Å². The zero-order valence-electron chi connectivity index (χ0n) is 7.81. The van der Waals surface area contributed by atoms with Gasteiger partial charge in [-0.2, -0.15) is 0 Å². The third kappa shape index (κ3) is 2.14. The Bertz CT molecular complexity index is 363. The number of nitrogens with two attached hydrogens (primary N) is 1. The van der Waals surface area contributed by atoms with Crippen molar-refractivity contribution in [2.75, 3.05) is 6.54 Å². The molecule has 2 nitrogen and oxygen atoms in total. The first-order valence-electron chi connectivity index (χ1n) is 4.25. The Morgan fingerprint density at radius 2 is 2.00 bits per heavy atom. The van der Waals surface area contributed by atoms with Crippen LogP contribution in [-0.4, -0.2) is 12.3 Å². The van der Waals surface area contributed by atoms with Crippen molar-refractivity contribution in [3.05, 3.63) is 34.9 Å². The van der Waals surface area contributed by atoms with Crippen molar-refractivity contribution >= 4 is 5.78 Å². The molecule has 76 valence electrons. The molecule has 0 aliphatic carbocycles. The summed E-state index contributed by atoms with van der Waals surface area (Å²) in [6.07, 6.45) is 0.0272. The summed E-state index contributed by atoms with van der Waals surface area (Å²) in [4.78, 5) is 11.2. The number of ketones is 1. The molecule has 0 bridgehead atoms. The van der Waals surface area contributed by atoms with Gasteiger partial charge in [-0.05, 0) is 31.2 Å². The summed E-state index contributed by atoms with van der Waals surface area (Å²) in [6, 6.07) is 1.93. The topological polar surface area (TPSA) is 43.1 Å². The van der Waals surface area contributed by atoms with E-state index in [0.717, 1.165) is 12.1 Å². The predicted molar refractivity (Wildman–Crippen MR) is 49.1 cm³/mol. The van der Waals surface area contributed by atoms with Crippen molar-refractivity contribution < 1.29 is 13.6 Å². The number of carbonyl (C=O) groups is 1. The molecule has 4 heteroatoms. The quantitative estimate of drug-likeness (QED) is 0.754. The molecule has 0 aliphatic rings. The Labute approximate surface area is 80.7 Å². The lowest BCUT2D eigenvalue weighted by molar-refractivity contribution is 0.0981. The van der Waals surface area contributed by atoms with Gasteiger partial charge in [0.2, 0.25) is 0 Å². The van der Waals surface area contributed by atoms with Crippen LogP contribution in [0.15, 0.2) is 12.1 Å². The molecule has 0 spiro atoms. The lowest BCUT2D eigenvalue weighted by atomic mass is 10.1. The summed E-state index contributed by atoms with van der Waals surface area (Å²) in [5.41, 5.74) is 5.11. The van der Waals surface area contributed by atoms with E-state index in [1.54, 1.807) is 0 Å². The summed E-state index contributed by atoms with van der Waals surface area (Å²) >= 11 is 0. The SMILES string of the molecule is Cc1cc(F)c(C(=O)CCN)cc1F. The van der Waals surface area contributed by atoms with Crippen LogP contribution in [-0.2, 0) is 0 Å². The number of Topliss-reactive ketones (excluding diaryl/α,β-unsaturated/α-hetero) is 1. The average Bonchev–Trinajstić information content (AvgIpc) is 2.11. The number of hydrogen-bond acceptors (Lipinski definition) is 2. The maximum atomic E-state index is 13.2. The molecule has 0 aromatic heterocycles. The lowest BCUT2D eigenvalue weighted by Gasteiger charge is -2.03. The molecule has 0 radical (unpaired) electrons. The molecule has 1 aromatic rings. The maximum absolute atomic E-state index is 13.2. The number of carbonyl (C=O) groups excluding carboxylic acids is 1. The monoisotopic (exact) mass is 199 g/mol. The van der Waals surface area contributed by atoms with Gasteiger partial charge in [0.1, 0.15) is 11.6 Å². The number of hydrogen-bond donors (Lipinski definition) is 1. The van der Waals surface area contributed by atoms with E-state index in [1.807, 2.05) is 0 Å². The zero-order valence-corrected chi connectivity index (χ0v) is 7.81. The normalized spacial score (nSPS) is 10.3. The standard InChI is InChI=1S/C10H11F2NO/c1-6-4-9(12)7(5-8(6)11)10(14)2-3-13/h4-5H,2-3,13H2,1H3. The second-order valence-corrected chi connectivity index (χ2v) is 3.04. The summed E-state index contributed by atoms with van der Waals surface area (Å²) in [5, 5.41) is 0. The van der Waals surface area contributed by atoms with Gasteiger partial charge in [-0.1, -0.05) is 0 Å². The molecular weight excluding hydrogens is 188 g/mol. The number of aryl methyl sites for hydroxylation is 1. The van der Waals surface area contributed by atoms with Crippen LogP contribution >= 0.6 is 0 Å². The maximum Gasteiger partial charge on any atom is 0.167 e. The smallest absolute Gasteiger partial charge is 0.167 e. The molecule has 14 heavy (non-hydrogen) atoms. The lowest BCUT2D eigenvalue weighted by Crippen LogP contribution is -2.10. The Morgan fingerprint density at radius 3 is 2.57 bits per heavy atom. The fraction of sp³-hybridized carbons (Fsp3) is 0.300. The van der Waals surface area contributed by atoms with E-state index in [4.69, 9.17) is 5.73 Å². The minimum atomic E-state index is -0.692. The van der Waals surface area contributed by atoms with Gasteiger partial charge in [0.15, 0.2) is 5.78 Å². The van der Waals surface area contributed by atoms with Gasteiger partial charge < -0.3 is 5.73 Å². The second-order valence-electron chi connectivity index (χ2n) is 3.04. The van der Waals surface area contributed by atoms with Crippen LogP contribution in [0.5, 0.6) is 0 Å². The highest BCUT2D eigenvalue weighted by Crippen LogP contribution is 2.15. The summed E-state index contributed by atoms with van der Waals surface area (Å²) in [7, 11) is 0. The third-order valence-corrected chi connectivity index (χ3v) is 1.92. The Morgan fingerprint density at radius 1 is 1.36 bits per heavy atom. The van der Waals surface area contributed by atoms with Gasteiger partial charge in [-0.15, -0.1) is 0 Å². The predicted octanol–water partition coefficient (Wildman–Crippen LogP) is 1.80. The molecular formula is C10H11F2NO. The van der Waals surface area contributed by atoms with Gasteiger partial charge >= 0.3 is 0 Å². The van der Waals surface area contributed by atoms with E-state index in [9.17, 15) is 13.6 Å². The molecule has 0 saturated carbocycles. The molecule has 1 rings (SSSR count). The zero-order chi connectivity index (χ0) is 10.7. The van der Waals surface area contributed by atoms with Gasteiger partial charge in [-0.25, -0.2) is 8.78 Å². The fourth-order valence-electron chi connectivity index (χ4n) is 1.13. The molecule has 1 aromatic carbocycles. The Hall–Kier alpha value is -1.29. The van der Waals surface area contributed by atoms with E-state index in [-0.39, 0.29) is 24.1 Å². The van der Waals surface area contributed by atoms with Crippen LogP contribution in [0.2, 0.25) is 0 Å². The average molecular weight is 199 g/mol. The minimum Gasteiger partial charge on any atom is -0.330 e.